The lowest BCUT2D eigenvalue weighted by atomic mass is 10.2. The van der Waals surface area contributed by atoms with Gasteiger partial charge in [-0.2, -0.15) is 0 Å². The Morgan fingerprint density at radius 2 is 2.09 bits per heavy atom. The number of piperidine rings is 1. The summed E-state index contributed by atoms with van der Waals surface area (Å²) in [5.74, 6) is -4.86. The predicted octanol–water partition coefficient (Wildman–Crippen LogP) is -0.643. The number of halogens is 2. The molecular formula is C6H7F2NO2. The third-order valence-corrected chi connectivity index (χ3v) is 2.40. The molecule has 1 aliphatic carbocycles. The molecule has 0 amide bonds. The van der Waals surface area contributed by atoms with Crippen molar-refractivity contribution in [1.29, 1.82) is 0 Å². The van der Waals surface area contributed by atoms with Crippen LogP contribution < -0.4 is 5.32 Å². The van der Waals surface area contributed by atoms with E-state index in [-0.39, 0.29) is 0 Å². The molecule has 62 valence electrons. The van der Waals surface area contributed by atoms with E-state index in [9.17, 15) is 13.6 Å². The summed E-state index contributed by atoms with van der Waals surface area (Å²) in [4.78, 5) is 10.2. The van der Waals surface area contributed by atoms with Gasteiger partial charge in [0.05, 0.1) is 17.9 Å². The first kappa shape index (κ1) is 7.12. The highest BCUT2D eigenvalue weighted by atomic mass is 19.3. The number of fused-ring (bicyclic) bond motifs is 1. The molecule has 0 aromatic carbocycles. The van der Waals surface area contributed by atoms with Crippen LogP contribution in [0.2, 0.25) is 0 Å². The Morgan fingerprint density at radius 3 is 2.36 bits per heavy atom. The van der Waals surface area contributed by atoms with Crippen molar-refractivity contribution in [3.63, 3.8) is 0 Å². The lowest BCUT2D eigenvalue weighted by molar-refractivity contribution is -0.111. The number of carbonyl (C=O) groups is 1. The monoisotopic (exact) mass is 163 g/mol. The van der Waals surface area contributed by atoms with Crippen LogP contribution in [0, 0.1) is 11.8 Å². The van der Waals surface area contributed by atoms with Crippen molar-refractivity contribution < 1.29 is 18.7 Å². The fourth-order valence-corrected chi connectivity index (χ4v) is 1.77. The fraction of sp³-hybridized carbons (Fsp3) is 0.833. The molecule has 11 heavy (non-hydrogen) atoms. The Morgan fingerprint density at radius 1 is 1.45 bits per heavy atom. The summed E-state index contributed by atoms with van der Waals surface area (Å²) in [7, 11) is 0. The summed E-state index contributed by atoms with van der Waals surface area (Å²) in [5, 5.41) is 11.3. The second kappa shape index (κ2) is 1.78. The molecule has 0 aromatic rings. The maximum absolute atomic E-state index is 12.6. The summed E-state index contributed by atoms with van der Waals surface area (Å²) in [6, 6.07) is -0.870. The van der Waals surface area contributed by atoms with Crippen molar-refractivity contribution in [2.24, 2.45) is 11.8 Å². The maximum Gasteiger partial charge on any atom is 0.260 e. The molecule has 1 unspecified atom stereocenters. The minimum atomic E-state index is -2.84. The van der Waals surface area contributed by atoms with E-state index >= 15 is 0 Å². The molecule has 1 saturated carbocycles. The van der Waals surface area contributed by atoms with Gasteiger partial charge in [-0.25, -0.2) is 8.78 Å². The summed E-state index contributed by atoms with van der Waals surface area (Å²) in [5.41, 5.74) is 0. The molecule has 2 aliphatic rings. The normalized spacial score (nSPS) is 51.9. The molecule has 0 bridgehead atoms. The van der Waals surface area contributed by atoms with Gasteiger partial charge in [0, 0.05) is 0 Å². The summed E-state index contributed by atoms with van der Waals surface area (Å²) < 4.78 is 25.1. The lowest BCUT2D eigenvalue weighted by Gasteiger charge is -2.12. The molecule has 0 aromatic heterocycles. The number of hydrogen-bond acceptors (Lipinski definition) is 3. The lowest BCUT2D eigenvalue weighted by Crippen LogP contribution is -2.39. The van der Waals surface area contributed by atoms with Gasteiger partial charge in [0.25, 0.3) is 5.92 Å². The first-order valence-corrected chi connectivity index (χ1v) is 3.36. The van der Waals surface area contributed by atoms with Crippen molar-refractivity contribution in [3.8, 4) is 0 Å². The SMILES string of the molecule is O=C[C@H]1NC(O)[C@H]2[C@@H]1C2(F)F. The van der Waals surface area contributed by atoms with Crippen LogP contribution in [0.3, 0.4) is 0 Å². The van der Waals surface area contributed by atoms with Crippen molar-refractivity contribution in [2.75, 3.05) is 0 Å². The van der Waals surface area contributed by atoms with E-state index in [1.54, 1.807) is 0 Å². The number of carbonyl (C=O) groups excluding carboxylic acids is 1. The molecule has 5 heteroatoms. The molecule has 1 aliphatic heterocycles. The largest absolute Gasteiger partial charge is 0.378 e. The third-order valence-electron chi connectivity index (χ3n) is 2.40. The topological polar surface area (TPSA) is 49.3 Å². The molecule has 2 rings (SSSR count). The van der Waals surface area contributed by atoms with Gasteiger partial charge in [-0.05, 0) is 0 Å². The number of aliphatic hydroxyl groups excluding tert-OH is 1. The standard InChI is InChI=1S/C6H7F2NO2/c7-6(8)3-2(1-10)9-5(11)4(3)6/h1-5,9,11H/t2-,3-,4-,5?/m1/s1. The first-order chi connectivity index (χ1) is 5.09. The molecule has 3 nitrogen and oxygen atoms in total. The Labute approximate surface area is 61.4 Å². The smallest absolute Gasteiger partial charge is 0.260 e. The van der Waals surface area contributed by atoms with Gasteiger partial charge in [0.2, 0.25) is 0 Å². The van der Waals surface area contributed by atoms with Gasteiger partial charge < -0.3 is 9.90 Å². The number of aliphatic hydroxyl groups is 1. The summed E-state index contributed by atoms with van der Waals surface area (Å²) in [6.07, 6.45) is -0.792. The van der Waals surface area contributed by atoms with E-state index in [4.69, 9.17) is 5.11 Å². The zero-order valence-corrected chi connectivity index (χ0v) is 5.50. The number of rotatable bonds is 1. The second-order valence-corrected chi connectivity index (χ2v) is 3.00. The van der Waals surface area contributed by atoms with Gasteiger partial charge in [0.1, 0.15) is 12.5 Å². The van der Waals surface area contributed by atoms with E-state index in [2.05, 4.69) is 5.32 Å². The fourth-order valence-electron chi connectivity index (χ4n) is 1.77. The average Bonchev–Trinajstić information content (AvgIpc) is 2.37. The quantitative estimate of drug-likeness (QED) is 0.505. The van der Waals surface area contributed by atoms with Crippen LogP contribution in [-0.4, -0.2) is 29.6 Å². The number of alkyl halides is 2. The average molecular weight is 163 g/mol. The van der Waals surface area contributed by atoms with Crippen LogP contribution in [0.5, 0.6) is 0 Å². The zero-order chi connectivity index (χ0) is 8.22. The molecule has 0 spiro atoms. The highest BCUT2D eigenvalue weighted by Gasteiger charge is 2.77. The zero-order valence-electron chi connectivity index (χ0n) is 5.50. The van der Waals surface area contributed by atoms with Crippen molar-refractivity contribution in [2.45, 2.75) is 18.2 Å². The molecular weight excluding hydrogens is 156 g/mol. The van der Waals surface area contributed by atoms with Gasteiger partial charge >= 0.3 is 0 Å². The van der Waals surface area contributed by atoms with Gasteiger partial charge in [-0.3, -0.25) is 5.32 Å². The van der Waals surface area contributed by atoms with Crippen molar-refractivity contribution in [3.05, 3.63) is 0 Å². The molecule has 2 fully saturated rings. The van der Waals surface area contributed by atoms with E-state index in [0.717, 1.165) is 0 Å². The maximum atomic E-state index is 12.6. The van der Waals surface area contributed by atoms with E-state index in [1.165, 1.54) is 0 Å². The molecule has 0 radical (unpaired) electrons. The predicted molar refractivity (Wildman–Crippen MR) is 30.9 cm³/mol. The number of hydrogen-bond donors (Lipinski definition) is 2. The van der Waals surface area contributed by atoms with Crippen LogP contribution >= 0.6 is 0 Å². The summed E-state index contributed by atoms with van der Waals surface area (Å²) in [6.45, 7) is 0. The van der Waals surface area contributed by atoms with E-state index < -0.39 is 30.0 Å². The second-order valence-electron chi connectivity index (χ2n) is 3.00. The minimum Gasteiger partial charge on any atom is -0.378 e. The molecule has 2 N–H and O–H groups in total. The van der Waals surface area contributed by atoms with E-state index in [1.807, 2.05) is 0 Å². The van der Waals surface area contributed by atoms with Gasteiger partial charge in [0.15, 0.2) is 0 Å². The molecule has 4 atom stereocenters. The Balaban J connectivity index is 2.18. The molecule has 1 heterocycles. The van der Waals surface area contributed by atoms with Crippen LogP contribution in [0.1, 0.15) is 0 Å². The summed E-state index contributed by atoms with van der Waals surface area (Å²) >= 11 is 0. The first-order valence-electron chi connectivity index (χ1n) is 3.36. The van der Waals surface area contributed by atoms with Crippen LogP contribution in [0.25, 0.3) is 0 Å². The molecule has 1 saturated heterocycles. The Bertz CT molecular complexity index is 209. The Kier molecular flexibility index (Phi) is 1.15. The Hall–Kier alpha value is -0.550. The highest BCUT2D eigenvalue weighted by molar-refractivity contribution is 5.61. The van der Waals surface area contributed by atoms with Crippen LogP contribution in [0.15, 0.2) is 0 Å². The third kappa shape index (κ3) is 0.696. The van der Waals surface area contributed by atoms with Gasteiger partial charge in [-0.1, -0.05) is 0 Å². The van der Waals surface area contributed by atoms with Crippen LogP contribution in [0.4, 0.5) is 8.78 Å². The minimum absolute atomic E-state index is 0.425. The van der Waals surface area contributed by atoms with Crippen molar-refractivity contribution >= 4 is 6.29 Å². The van der Waals surface area contributed by atoms with Gasteiger partial charge in [-0.15, -0.1) is 0 Å². The number of aldehydes is 1. The van der Waals surface area contributed by atoms with Crippen LogP contribution in [-0.2, 0) is 4.79 Å². The highest BCUT2D eigenvalue weighted by Crippen LogP contribution is 2.61. The van der Waals surface area contributed by atoms with E-state index in [0.29, 0.717) is 6.29 Å². The van der Waals surface area contributed by atoms with Crippen molar-refractivity contribution in [1.82, 2.24) is 5.32 Å². The number of nitrogens with one attached hydrogen (secondary N) is 1.